The summed E-state index contributed by atoms with van der Waals surface area (Å²) in [6.07, 6.45) is 14.4. The Bertz CT molecular complexity index is 266. The van der Waals surface area contributed by atoms with Crippen LogP contribution >= 0.6 is 0 Å². The van der Waals surface area contributed by atoms with Crippen molar-refractivity contribution in [3.05, 3.63) is 36.0 Å². The highest BCUT2D eigenvalue weighted by Crippen LogP contribution is 2.32. The molecule has 2 aliphatic carbocycles. The van der Waals surface area contributed by atoms with Crippen LogP contribution in [0.5, 0.6) is 0 Å². The Hall–Kier alpha value is -0.780. The fourth-order valence-corrected chi connectivity index (χ4v) is 2.13. The van der Waals surface area contributed by atoms with E-state index in [0.29, 0.717) is 11.8 Å². The van der Waals surface area contributed by atoms with Crippen LogP contribution in [-0.2, 0) is 0 Å². The summed E-state index contributed by atoms with van der Waals surface area (Å²) in [7, 11) is 0. The van der Waals surface area contributed by atoms with Gasteiger partial charge in [-0.15, -0.1) is 0 Å². The van der Waals surface area contributed by atoms with Gasteiger partial charge in [-0.1, -0.05) is 49.8 Å². The highest BCUT2D eigenvalue weighted by atomic mass is 14.2. The van der Waals surface area contributed by atoms with Gasteiger partial charge in [0.15, 0.2) is 0 Å². The van der Waals surface area contributed by atoms with Crippen LogP contribution in [-0.4, -0.2) is 0 Å². The zero-order valence-electron chi connectivity index (χ0n) is 8.53. The molecule has 0 saturated heterocycles. The molecular formula is C13H18. The molecule has 0 bridgehead atoms. The molecule has 0 aliphatic heterocycles. The predicted octanol–water partition coefficient (Wildman–Crippen LogP) is 3.72. The van der Waals surface area contributed by atoms with E-state index in [0.717, 1.165) is 5.92 Å². The average Bonchev–Trinajstić information content (AvgIpc) is 2.17. The van der Waals surface area contributed by atoms with Gasteiger partial charge in [0.1, 0.15) is 0 Å². The van der Waals surface area contributed by atoms with Crippen LogP contribution < -0.4 is 0 Å². The van der Waals surface area contributed by atoms with Gasteiger partial charge in [0.05, 0.1) is 0 Å². The van der Waals surface area contributed by atoms with Crippen molar-refractivity contribution in [2.75, 3.05) is 0 Å². The minimum absolute atomic E-state index is 0.628. The standard InChI is InChI=1S/C13H18/c1-10(2)12-8-7-11-5-3-4-6-13(11)9-12/h3,5,7-12H,4,6H2,1-2H3. The average molecular weight is 174 g/mol. The second-order valence-electron chi connectivity index (χ2n) is 4.44. The van der Waals surface area contributed by atoms with Crippen molar-refractivity contribution in [2.45, 2.75) is 26.7 Å². The van der Waals surface area contributed by atoms with Crippen molar-refractivity contribution in [3.8, 4) is 0 Å². The van der Waals surface area contributed by atoms with E-state index in [4.69, 9.17) is 0 Å². The first-order valence-corrected chi connectivity index (χ1v) is 5.33. The summed E-state index contributed by atoms with van der Waals surface area (Å²) in [5.74, 6) is 2.05. The Balaban J connectivity index is 2.18. The molecule has 0 nitrogen and oxygen atoms in total. The number of hydrogen-bond donors (Lipinski definition) is 0. The van der Waals surface area contributed by atoms with E-state index in [-0.39, 0.29) is 0 Å². The van der Waals surface area contributed by atoms with E-state index in [1.165, 1.54) is 12.8 Å². The molecule has 2 aliphatic rings. The van der Waals surface area contributed by atoms with Gasteiger partial charge < -0.3 is 0 Å². The Kier molecular flexibility index (Phi) is 2.39. The summed E-state index contributed by atoms with van der Waals surface area (Å²) in [4.78, 5) is 0. The first-order chi connectivity index (χ1) is 6.27. The van der Waals surface area contributed by atoms with Gasteiger partial charge in [0.2, 0.25) is 0 Å². The monoisotopic (exact) mass is 174 g/mol. The molecule has 0 N–H and O–H groups in total. The van der Waals surface area contributed by atoms with Crippen LogP contribution in [0.2, 0.25) is 0 Å². The SMILES string of the molecule is CC(C)C1C=CC2C=CCCC2=C1. The van der Waals surface area contributed by atoms with Gasteiger partial charge >= 0.3 is 0 Å². The number of hydrogen-bond acceptors (Lipinski definition) is 0. The molecule has 0 aromatic heterocycles. The molecule has 0 fully saturated rings. The molecule has 0 spiro atoms. The first kappa shape index (κ1) is 8.80. The zero-order chi connectivity index (χ0) is 9.26. The topological polar surface area (TPSA) is 0 Å². The lowest BCUT2D eigenvalue weighted by Gasteiger charge is -2.26. The molecule has 2 atom stereocenters. The predicted molar refractivity (Wildman–Crippen MR) is 57.4 cm³/mol. The van der Waals surface area contributed by atoms with Gasteiger partial charge in [0.25, 0.3) is 0 Å². The van der Waals surface area contributed by atoms with Gasteiger partial charge in [-0.05, 0) is 24.7 Å². The van der Waals surface area contributed by atoms with Crippen molar-refractivity contribution in [1.82, 2.24) is 0 Å². The highest BCUT2D eigenvalue weighted by molar-refractivity contribution is 5.30. The molecule has 2 rings (SSSR count). The fourth-order valence-electron chi connectivity index (χ4n) is 2.13. The maximum atomic E-state index is 2.48. The summed E-state index contributed by atoms with van der Waals surface area (Å²) in [6.45, 7) is 4.59. The van der Waals surface area contributed by atoms with E-state index in [1.807, 2.05) is 0 Å². The van der Waals surface area contributed by atoms with Crippen LogP contribution in [0.4, 0.5) is 0 Å². The second-order valence-corrected chi connectivity index (χ2v) is 4.44. The summed E-state index contributed by atoms with van der Waals surface area (Å²) in [5.41, 5.74) is 1.64. The third kappa shape index (κ3) is 1.77. The lowest BCUT2D eigenvalue weighted by atomic mass is 9.80. The van der Waals surface area contributed by atoms with Crippen LogP contribution in [0.3, 0.4) is 0 Å². The molecule has 0 radical (unpaired) electrons. The van der Waals surface area contributed by atoms with Gasteiger partial charge in [-0.3, -0.25) is 0 Å². The van der Waals surface area contributed by atoms with Crippen LogP contribution in [0.25, 0.3) is 0 Å². The van der Waals surface area contributed by atoms with Gasteiger partial charge in [0, 0.05) is 5.92 Å². The molecule has 0 aromatic carbocycles. The fraction of sp³-hybridized carbons (Fsp3) is 0.538. The smallest absolute Gasteiger partial charge is 0.0157 e. The molecular weight excluding hydrogens is 156 g/mol. The summed E-state index contributed by atoms with van der Waals surface area (Å²) >= 11 is 0. The van der Waals surface area contributed by atoms with Crippen LogP contribution in [0, 0.1) is 17.8 Å². The lowest BCUT2D eigenvalue weighted by molar-refractivity contribution is 0.531. The molecule has 2 unspecified atom stereocenters. The van der Waals surface area contributed by atoms with Gasteiger partial charge in [-0.25, -0.2) is 0 Å². The van der Waals surface area contributed by atoms with Crippen molar-refractivity contribution in [3.63, 3.8) is 0 Å². The summed E-state index contributed by atoms with van der Waals surface area (Å²) in [5, 5.41) is 0. The molecule has 0 aromatic rings. The molecule has 0 saturated carbocycles. The Morgan fingerprint density at radius 2 is 2.08 bits per heavy atom. The van der Waals surface area contributed by atoms with Gasteiger partial charge in [-0.2, -0.15) is 0 Å². The number of rotatable bonds is 1. The van der Waals surface area contributed by atoms with Crippen molar-refractivity contribution >= 4 is 0 Å². The normalized spacial score (nSPS) is 31.8. The summed E-state index contributed by atoms with van der Waals surface area (Å²) in [6, 6.07) is 0. The van der Waals surface area contributed by atoms with E-state index >= 15 is 0 Å². The Morgan fingerprint density at radius 1 is 1.23 bits per heavy atom. The van der Waals surface area contributed by atoms with E-state index in [2.05, 4.69) is 44.2 Å². The number of fused-ring (bicyclic) bond motifs is 1. The zero-order valence-corrected chi connectivity index (χ0v) is 8.53. The molecule has 70 valence electrons. The minimum atomic E-state index is 0.628. The van der Waals surface area contributed by atoms with Crippen molar-refractivity contribution < 1.29 is 0 Å². The van der Waals surface area contributed by atoms with E-state index in [1.54, 1.807) is 5.57 Å². The van der Waals surface area contributed by atoms with Crippen LogP contribution in [0.1, 0.15) is 26.7 Å². The minimum Gasteiger partial charge on any atom is -0.0873 e. The number of allylic oxidation sites excluding steroid dienone is 6. The summed E-state index contributed by atoms with van der Waals surface area (Å²) < 4.78 is 0. The molecule has 0 amide bonds. The third-order valence-electron chi connectivity index (χ3n) is 3.09. The third-order valence-corrected chi connectivity index (χ3v) is 3.09. The Morgan fingerprint density at radius 3 is 2.85 bits per heavy atom. The molecule has 0 heterocycles. The Labute approximate surface area is 81.0 Å². The first-order valence-electron chi connectivity index (χ1n) is 5.33. The lowest BCUT2D eigenvalue weighted by Crippen LogP contribution is -2.13. The maximum Gasteiger partial charge on any atom is 0.0157 e. The van der Waals surface area contributed by atoms with E-state index in [9.17, 15) is 0 Å². The molecule has 13 heavy (non-hydrogen) atoms. The highest BCUT2D eigenvalue weighted by Gasteiger charge is 2.19. The van der Waals surface area contributed by atoms with E-state index < -0.39 is 0 Å². The van der Waals surface area contributed by atoms with Crippen molar-refractivity contribution in [2.24, 2.45) is 17.8 Å². The van der Waals surface area contributed by atoms with Crippen LogP contribution in [0.15, 0.2) is 36.0 Å². The quantitative estimate of drug-likeness (QED) is 0.531. The maximum absolute atomic E-state index is 2.48. The second kappa shape index (κ2) is 3.53. The largest absolute Gasteiger partial charge is 0.0873 e. The molecule has 0 heteroatoms. The van der Waals surface area contributed by atoms with Crippen molar-refractivity contribution in [1.29, 1.82) is 0 Å².